The van der Waals surface area contributed by atoms with Crippen LogP contribution < -0.4 is 10.2 Å². The number of nitrogens with zero attached hydrogens (tertiary/aromatic N) is 4. The van der Waals surface area contributed by atoms with E-state index in [0.29, 0.717) is 48.1 Å². The molecule has 1 N–H and O–H groups in total. The molecule has 3 aromatic rings. The molecular weight excluding hydrogens is 450 g/mol. The molecule has 0 spiro atoms. The number of fused-ring (bicyclic) bond motifs is 1. The van der Waals surface area contributed by atoms with Crippen LogP contribution in [0.5, 0.6) is 5.75 Å². The molecule has 0 unspecified atom stereocenters. The van der Waals surface area contributed by atoms with Gasteiger partial charge in [0, 0.05) is 18.7 Å². The Morgan fingerprint density at radius 2 is 1.97 bits per heavy atom. The van der Waals surface area contributed by atoms with Crippen LogP contribution in [0.25, 0.3) is 11.4 Å². The van der Waals surface area contributed by atoms with Gasteiger partial charge < -0.3 is 19.8 Å². The number of carbonyl (C=O) groups is 1. The van der Waals surface area contributed by atoms with Crippen molar-refractivity contribution in [2.24, 2.45) is 0 Å². The van der Waals surface area contributed by atoms with Crippen molar-refractivity contribution in [3.8, 4) is 17.1 Å². The molecule has 1 saturated heterocycles. The number of benzene rings is 2. The molecule has 1 aromatic heterocycles. The maximum Gasteiger partial charge on any atom is 0.238 e. The van der Waals surface area contributed by atoms with Crippen LogP contribution in [-0.2, 0) is 9.53 Å². The van der Waals surface area contributed by atoms with Gasteiger partial charge in [0.2, 0.25) is 11.1 Å². The highest BCUT2D eigenvalue weighted by Crippen LogP contribution is 2.40. The molecule has 2 aliphatic rings. The van der Waals surface area contributed by atoms with E-state index in [-0.39, 0.29) is 11.9 Å². The molecule has 0 aliphatic carbocycles. The Bertz CT molecular complexity index is 1120. The van der Waals surface area contributed by atoms with Gasteiger partial charge >= 0.3 is 0 Å². The van der Waals surface area contributed by atoms with Crippen molar-refractivity contribution in [1.29, 1.82) is 0 Å². The largest absolute Gasteiger partial charge is 0.495 e. The molecule has 2 aliphatic heterocycles. The fourth-order valence-corrected chi connectivity index (χ4v) is 5.34. The van der Waals surface area contributed by atoms with Crippen LogP contribution >= 0.6 is 23.4 Å². The number of methoxy groups -OCH3 is 1. The van der Waals surface area contributed by atoms with E-state index in [2.05, 4.69) is 15.6 Å². The lowest BCUT2D eigenvalue weighted by atomic mass is 10.0. The van der Waals surface area contributed by atoms with E-state index >= 15 is 0 Å². The number of aromatic nitrogens is 3. The summed E-state index contributed by atoms with van der Waals surface area (Å²) in [6.45, 7) is 2.25. The van der Waals surface area contributed by atoms with Gasteiger partial charge in [0.1, 0.15) is 11.0 Å². The van der Waals surface area contributed by atoms with Gasteiger partial charge in [-0.05, 0) is 17.7 Å². The highest BCUT2D eigenvalue weighted by Gasteiger charge is 2.40. The lowest BCUT2D eigenvalue weighted by molar-refractivity contribution is -0.135. The Balaban J connectivity index is 1.54. The number of hydrogen-bond donors (Lipinski definition) is 1. The van der Waals surface area contributed by atoms with Crippen LogP contribution in [-0.4, -0.2) is 64.3 Å². The van der Waals surface area contributed by atoms with Crippen molar-refractivity contribution in [3.05, 3.63) is 59.1 Å². The average molecular weight is 472 g/mol. The Kier molecular flexibility index (Phi) is 5.95. The van der Waals surface area contributed by atoms with Crippen LogP contribution in [0.3, 0.4) is 0 Å². The predicted molar refractivity (Wildman–Crippen MR) is 123 cm³/mol. The summed E-state index contributed by atoms with van der Waals surface area (Å²) in [4.78, 5) is 15.4. The number of carbonyl (C=O) groups excluding carboxylic acids is 1. The maximum absolute atomic E-state index is 13.5. The van der Waals surface area contributed by atoms with Crippen molar-refractivity contribution in [2.75, 3.05) is 38.8 Å². The van der Waals surface area contributed by atoms with Gasteiger partial charge in [-0.15, -0.1) is 10.2 Å². The third-order valence-corrected chi connectivity index (χ3v) is 7.07. The third-order valence-electron chi connectivity index (χ3n) is 5.57. The number of ether oxygens (including phenoxy) is 2. The number of hydrogen-bond acceptors (Lipinski definition) is 7. The van der Waals surface area contributed by atoms with E-state index < -0.39 is 5.25 Å². The molecule has 1 fully saturated rings. The number of morpholine rings is 1. The summed E-state index contributed by atoms with van der Waals surface area (Å²) in [5, 5.41) is 9.45. The van der Waals surface area contributed by atoms with E-state index in [1.807, 2.05) is 58.1 Å². The van der Waals surface area contributed by atoms with Crippen molar-refractivity contribution in [3.63, 3.8) is 0 Å². The molecule has 5 rings (SSSR count). The first-order valence-corrected chi connectivity index (χ1v) is 11.6. The van der Waals surface area contributed by atoms with Crippen molar-refractivity contribution in [2.45, 2.75) is 16.4 Å². The van der Waals surface area contributed by atoms with E-state index in [1.54, 1.807) is 7.11 Å². The Labute approximate surface area is 194 Å². The van der Waals surface area contributed by atoms with Gasteiger partial charge in [-0.2, -0.15) is 0 Å². The van der Waals surface area contributed by atoms with Crippen LogP contribution in [0.1, 0.15) is 11.6 Å². The van der Waals surface area contributed by atoms with Crippen molar-refractivity contribution >= 4 is 29.3 Å². The number of halogens is 1. The van der Waals surface area contributed by atoms with Crippen LogP contribution in [0.4, 0.5) is 0 Å². The molecule has 3 heterocycles. The maximum atomic E-state index is 13.5. The molecule has 32 heavy (non-hydrogen) atoms. The zero-order valence-corrected chi connectivity index (χ0v) is 19.0. The number of nitrogens with one attached hydrogen (secondary N) is 1. The van der Waals surface area contributed by atoms with Gasteiger partial charge in [0.05, 0.1) is 31.4 Å². The molecule has 2 aromatic carbocycles. The second-order valence-corrected chi connectivity index (χ2v) is 9.00. The summed E-state index contributed by atoms with van der Waals surface area (Å²) in [6.07, 6.45) is 0. The van der Waals surface area contributed by atoms with Gasteiger partial charge in [-0.1, -0.05) is 59.8 Å². The Morgan fingerprint density at radius 1 is 1.19 bits per heavy atom. The average Bonchev–Trinajstić information content (AvgIpc) is 3.27. The molecule has 1 amide bonds. The summed E-state index contributed by atoms with van der Waals surface area (Å²) in [5.74, 6) is 1.32. The molecular formula is C22H22ClN5O3S. The second kappa shape index (κ2) is 9.01. The molecule has 0 bridgehead atoms. The monoisotopic (exact) mass is 471 g/mol. The standard InChI is InChI=1S/C22H22ClN5O3S/c1-30-17-8-7-15(13-16(17)23)18-19(21(29)27-9-11-31-12-10-27)32-22-25-24-20(28(22)26-18)14-5-3-2-4-6-14/h2-8,13,18-19,26H,9-12H2,1H3/t18-,19+/m0/s1. The predicted octanol–water partition coefficient (Wildman–Crippen LogP) is 3.23. The molecule has 10 heteroatoms. The summed E-state index contributed by atoms with van der Waals surface area (Å²) in [7, 11) is 1.58. The van der Waals surface area contributed by atoms with Crippen molar-refractivity contribution < 1.29 is 14.3 Å². The fraction of sp³-hybridized carbons (Fsp3) is 0.318. The third kappa shape index (κ3) is 3.92. The van der Waals surface area contributed by atoms with Gasteiger partial charge in [0.25, 0.3) is 0 Å². The Morgan fingerprint density at radius 3 is 2.69 bits per heavy atom. The molecule has 0 saturated carbocycles. The lowest BCUT2D eigenvalue weighted by Crippen LogP contribution is -2.49. The summed E-state index contributed by atoms with van der Waals surface area (Å²) < 4.78 is 12.6. The van der Waals surface area contributed by atoms with Crippen LogP contribution in [0.2, 0.25) is 5.02 Å². The van der Waals surface area contributed by atoms with Gasteiger partial charge in [0.15, 0.2) is 5.82 Å². The van der Waals surface area contributed by atoms with Crippen LogP contribution in [0.15, 0.2) is 53.7 Å². The number of rotatable bonds is 4. The first-order chi connectivity index (χ1) is 15.7. The highest BCUT2D eigenvalue weighted by molar-refractivity contribution is 8.00. The lowest BCUT2D eigenvalue weighted by Gasteiger charge is -2.37. The summed E-state index contributed by atoms with van der Waals surface area (Å²) in [5.41, 5.74) is 5.30. The Hall–Kier alpha value is -2.75. The summed E-state index contributed by atoms with van der Waals surface area (Å²) >= 11 is 7.84. The first-order valence-electron chi connectivity index (χ1n) is 10.3. The highest BCUT2D eigenvalue weighted by atomic mass is 35.5. The number of amides is 1. The van der Waals surface area contributed by atoms with Crippen molar-refractivity contribution in [1.82, 2.24) is 19.8 Å². The van der Waals surface area contributed by atoms with E-state index in [4.69, 9.17) is 21.1 Å². The van der Waals surface area contributed by atoms with E-state index in [0.717, 1.165) is 11.1 Å². The minimum absolute atomic E-state index is 0.0400. The van der Waals surface area contributed by atoms with E-state index in [1.165, 1.54) is 11.8 Å². The van der Waals surface area contributed by atoms with Gasteiger partial charge in [-0.25, -0.2) is 4.68 Å². The minimum Gasteiger partial charge on any atom is -0.495 e. The zero-order valence-electron chi connectivity index (χ0n) is 17.4. The normalized spacial score (nSPS) is 20.4. The van der Waals surface area contributed by atoms with Gasteiger partial charge in [-0.3, -0.25) is 4.79 Å². The quantitative estimate of drug-likeness (QED) is 0.625. The number of thioether (sulfide) groups is 1. The molecule has 8 nitrogen and oxygen atoms in total. The van der Waals surface area contributed by atoms with E-state index in [9.17, 15) is 4.79 Å². The van der Waals surface area contributed by atoms with Crippen LogP contribution in [0, 0.1) is 0 Å². The smallest absolute Gasteiger partial charge is 0.238 e. The molecule has 0 radical (unpaired) electrons. The second-order valence-electron chi connectivity index (χ2n) is 7.48. The molecule has 166 valence electrons. The SMILES string of the molecule is COc1ccc([C@@H]2Nn3c(nnc3-c3ccccc3)S[C@H]2C(=O)N2CCOCC2)cc1Cl. The zero-order chi connectivity index (χ0) is 22.1. The molecule has 2 atom stereocenters. The fourth-order valence-electron chi connectivity index (χ4n) is 3.91. The minimum atomic E-state index is -0.433. The summed E-state index contributed by atoms with van der Waals surface area (Å²) in [6, 6.07) is 15.1. The topological polar surface area (TPSA) is 81.5 Å². The first kappa shape index (κ1) is 21.1.